The monoisotopic (exact) mass is 338 g/mol. The number of carbonyl (C=O) groups excluding carboxylic acids is 1. The Balaban J connectivity index is 3.05. The minimum absolute atomic E-state index is 0.0643. The van der Waals surface area contributed by atoms with Crippen LogP contribution < -0.4 is 0 Å². The number of halogens is 3. The van der Waals surface area contributed by atoms with E-state index in [1.54, 1.807) is 6.07 Å². The van der Waals surface area contributed by atoms with Crippen LogP contribution in [0.3, 0.4) is 0 Å². The van der Waals surface area contributed by atoms with Crippen molar-refractivity contribution >= 4 is 37.8 Å². The van der Waals surface area contributed by atoms with Crippen LogP contribution in [0, 0.1) is 5.82 Å². The van der Waals surface area contributed by atoms with Crippen molar-refractivity contribution in [3.05, 3.63) is 33.5 Å². The first-order valence-corrected chi connectivity index (χ1v) is 6.09. The van der Waals surface area contributed by atoms with E-state index >= 15 is 0 Å². The van der Waals surface area contributed by atoms with Gasteiger partial charge in [0.25, 0.3) is 0 Å². The summed E-state index contributed by atoms with van der Waals surface area (Å²) in [4.78, 5) is 11.1. The number of ether oxygens (including phenoxy) is 1. The van der Waals surface area contributed by atoms with Gasteiger partial charge in [-0.2, -0.15) is 0 Å². The van der Waals surface area contributed by atoms with Gasteiger partial charge in [-0.3, -0.25) is 4.79 Å². The van der Waals surface area contributed by atoms with Crippen LogP contribution in [0.5, 0.6) is 0 Å². The number of hydrogen-bond donors (Lipinski definition) is 0. The average Bonchev–Trinajstić information content (AvgIpc) is 2.24. The van der Waals surface area contributed by atoms with Gasteiger partial charge in [0.2, 0.25) is 0 Å². The molecule has 0 bridgehead atoms. The maximum absolute atomic E-state index is 13.4. The zero-order valence-corrected chi connectivity index (χ0v) is 11.2. The quantitative estimate of drug-likeness (QED) is 0.624. The molecule has 0 aliphatic carbocycles. The second-order valence-electron chi connectivity index (χ2n) is 2.94. The Kier molecular flexibility index (Phi) is 4.73. The third kappa shape index (κ3) is 3.28. The number of benzene rings is 1. The SMILES string of the molecule is COC(=O)Cc1cc(CBr)cc(F)c1Br. The van der Waals surface area contributed by atoms with Gasteiger partial charge in [-0.15, -0.1) is 0 Å². The molecule has 0 amide bonds. The lowest BCUT2D eigenvalue weighted by Gasteiger charge is -2.06. The molecule has 1 rings (SSSR count). The highest BCUT2D eigenvalue weighted by Gasteiger charge is 2.11. The Labute approximate surface area is 104 Å². The Morgan fingerprint density at radius 2 is 2.20 bits per heavy atom. The van der Waals surface area contributed by atoms with Crippen molar-refractivity contribution in [2.75, 3.05) is 7.11 Å². The van der Waals surface area contributed by atoms with E-state index in [2.05, 4.69) is 36.6 Å². The van der Waals surface area contributed by atoms with Gasteiger partial charge in [0.15, 0.2) is 0 Å². The van der Waals surface area contributed by atoms with Crippen molar-refractivity contribution in [1.29, 1.82) is 0 Å². The molecule has 0 unspecified atom stereocenters. The highest BCUT2D eigenvalue weighted by molar-refractivity contribution is 9.10. The number of esters is 1. The molecule has 1 aromatic carbocycles. The molecule has 0 heterocycles. The van der Waals surface area contributed by atoms with Crippen LogP contribution in [0.2, 0.25) is 0 Å². The molecule has 0 radical (unpaired) electrons. The van der Waals surface area contributed by atoms with Crippen molar-refractivity contribution in [1.82, 2.24) is 0 Å². The summed E-state index contributed by atoms with van der Waals surface area (Å²) in [5.41, 5.74) is 1.38. The summed E-state index contributed by atoms with van der Waals surface area (Å²) in [6.45, 7) is 0. The van der Waals surface area contributed by atoms with Gasteiger partial charge in [0.1, 0.15) is 5.82 Å². The van der Waals surface area contributed by atoms with Crippen LogP contribution in [0.25, 0.3) is 0 Å². The fourth-order valence-corrected chi connectivity index (χ4v) is 1.83. The molecule has 0 fully saturated rings. The molecule has 82 valence electrons. The molecule has 0 aromatic heterocycles. The standard InChI is InChI=1S/C10H9Br2FO2/c1-15-9(14)4-7-2-6(5-11)3-8(13)10(7)12/h2-3H,4-5H2,1H3. The fraction of sp³-hybridized carbons (Fsp3) is 0.300. The van der Waals surface area contributed by atoms with E-state index in [4.69, 9.17) is 0 Å². The second-order valence-corrected chi connectivity index (χ2v) is 4.29. The van der Waals surface area contributed by atoms with Crippen LogP contribution in [-0.4, -0.2) is 13.1 Å². The number of rotatable bonds is 3. The number of methoxy groups -OCH3 is 1. The van der Waals surface area contributed by atoms with Gasteiger partial charge < -0.3 is 4.74 Å². The van der Waals surface area contributed by atoms with E-state index < -0.39 is 0 Å². The zero-order chi connectivity index (χ0) is 11.4. The van der Waals surface area contributed by atoms with Crippen LogP contribution in [0.15, 0.2) is 16.6 Å². The largest absolute Gasteiger partial charge is 0.469 e. The summed E-state index contributed by atoms with van der Waals surface area (Å²) in [5, 5.41) is 0.547. The lowest BCUT2D eigenvalue weighted by Crippen LogP contribution is -2.06. The van der Waals surface area contributed by atoms with Gasteiger partial charge in [-0.1, -0.05) is 22.0 Å². The summed E-state index contributed by atoms with van der Waals surface area (Å²) in [7, 11) is 1.31. The van der Waals surface area contributed by atoms with Crippen molar-refractivity contribution in [2.24, 2.45) is 0 Å². The first kappa shape index (κ1) is 12.6. The van der Waals surface area contributed by atoms with E-state index in [0.717, 1.165) is 5.56 Å². The lowest BCUT2D eigenvalue weighted by atomic mass is 10.1. The van der Waals surface area contributed by atoms with E-state index in [9.17, 15) is 9.18 Å². The summed E-state index contributed by atoms with van der Waals surface area (Å²) in [6.07, 6.45) is 0.0643. The van der Waals surface area contributed by atoms with E-state index in [0.29, 0.717) is 15.4 Å². The number of carbonyl (C=O) groups is 1. The molecule has 0 atom stereocenters. The predicted molar refractivity (Wildman–Crippen MR) is 62.5 cm³/mol. The van der Waals surface area contributed by atoms with Crippen LogP contribution in [-0.2, 0) is 21.3 Å². The molecule has 0 saturated heterocycles. The van der Waals surface area contributed by atoms with E-state index in [1.807, 2.05) is 0 Å². The first-order chi connectivity index (χ1) is 7.08. The zero-order valence-electron chi connectivity index (χ0n) is 8.02. The summed E-state index contributed by atoms with van der Waals surface area (Å²) in [5.74, 6) is -0.757. The molecule has 5 heteroatoms. The molecule has 0 aliphatic heterocycles. The van der Waals surface area contributed by atoms with Crippen molar-refractivity contribution < 1.29 is 13.9 Å². The summed E-state index contributed by atoms with van der Waals surface area (Å²) in [6, 6.07) is 3.18. The van der Waals surface area contributed by atoms with Gasteiger partial charge in [-0.05, 0) is 33.1 Å². The smallest absolute Gasteiger partial charge is 0.310 e. The Hall–Kier alpha value is -0.420. The lowest BCUT2D eigenvalue weighted by molar-refractivity contribution is -0.139. The molecular formula is C10H9Br2FO2. The highest BCUT2D eigenvalue weighted by atomic mass is 79.9. The van der Waals surface area contributed by atoms with E-state index in [-0.39, 0.29) is 18.2 Å². The van der Waals surface area contributed by atoms with Gasteiger partial charge in [0.05, 0.1) is 18.0 Å². The first-order valence-electron chi connectivity index (χ1n) is 4.18. The highest BCUT2D eigenvalue weighted by Crippen LogP contribution is 2.24. The van der Waals surface area contributed by atoms with Crippen molar-refractivity contribution in [3.8, 4) is 0 Å². The van der Waals surface area contributed by atoms with Crippen molar-refractivity contribution in [3.63, 3.8) is 0 Å². The third-order valence-corrected chi connectivity index (χ3v) is 3.42. The van der Waals surface area contributed by atoms with Crippen LogP contribution in [0.4, 0.5) is 4.39 Å². The van der Waals surface area contributed by atoms with E-state index in [1.165, 1.54) is 13.2 Å². The van der Waals surface area contributed by atoms with Gasteiger partial charge in [-0.25, -0.2) is 4.39 Å². The fourth-order valence-electron chi connectivity index (χ4n) is 1.14. The van der Waals surface area contributed by atoms with Crippen molar-refractivity contribution in [2.45, 2.75) is 11.8 Å². The minimum atomic E-state index is -0.387. The molecule has 1 aromatic rings. The van der Waals surface area contributed by atoms with Gasteiger partial charge >= 0.3 is 5.97 Å². The Bertz CT molecular complexity index is 380. The van der Waals surface area contributed by atoms with Crippen LogP contribution >= 0.6 is 31.9 Å². The van der Waals surface area contributed by atoms with Crippen LogP contribution in [0.1, 0.15) is 11.1 Å². The second kappa shape index (κ2) is 5.61. The third-order valence-electron chi connectivity index (χ3n) is 1.88. The Morgan fingerprint density at radius 1 is 1.53 bits per heavy atom. The molecule has 0 saturated carbocycles. The molecule has 2 nitrogen and oxygen atoms in total. The summed E-state index contributed by atoms with van der Waals surface area (Å²) >= 11 is 6.34. The molecule has 15 heavy (non-hydrogen) atoms. The van der Waals surface area contributed by atoms with Gasteiger partial charge in [0, 0.05) is 5.33 Å². The minimum Gasteiger partial charge on any atom is -0.469 e. The molecule has 0 aliphatic rings. The molecule has 0 N–H and O–H groups in total. The maximum atomic E-state index is 13.4. The maximum Gasteiger partial charge on any atom is 0.310 e. The number of hydrogen-bond acceptors (Lipinski definition) is 2. The normalized spacial score (nSPS) is 10.1. The summed E-state index contributed by atoms with van der Waals surface area (Å²) < 4.78 is 18.2. The topological polar surface area (TPSA) is 26.3 Å². The Morgan fingerprint density at radius 3 is 2.73 bits per heavy atom. The molecular weight excluding hydrogens is 331 g/mol. The average molecular weight is 340 g/mol. The number of alkyl halides is 1. The predicted octanol–water partition coefficient (Wildman–Crippen LogP) is 3.20. The molecule has 0 spiro atoms.